The molecule has 2 N–H and O–H groups in total. The van der Waals surface area contributed by atoms with Crippen LogP contribution in [-0.2, 0) is 13.0 Å². The Morgan fingerprint density at radius 3 is 2.56 bits per heavy atom. The van der Waals surface area contributed by atoms with Crippen molar-refractivity contribution in [1.82, 2.24) is 15.1 Å². The minimum atomic E-state index is 0.510. The third-order valence-electron chi connectivity index (χ3n) is 4.54. The topological polar surface area (TPSA) is 60.3 Å². The highest BCUT2D eigenvalue weighted by molar-refractivity contribution is 7.80. The Balaban J connectivity index is 1.49. The molecule has 1 heterocycles. The van der Waals surface area contributed by atoms with Crippen molar-refractivity contribution in [2.75, 3.05) is 25.1 Å². The molecule has 170 valence electrons. The second-order valence-electron chi connectivity index (χ2n) is 6.91. The van der Waals surface area contributed by atoms with Gasteiger partial charge in [0.15, 0.2) is 22.4 Å². The molecule has 2 aromatic carbocycles. The fourth-order valence-electron chi connectivity index (χ4n) is 3.07. The van der Waals surface area contributed by atoms with Crippen molar-refractivity contribution >= 4 is 46.4 Å². The summed E-state index contributed by atoms with van der Waals surface area (Å²) in [6.45, 7) is 6.32. The Morgan fingerprint density at radius 2 is 1.81 bits per heavy atom. The third kappa shape index (κ3) is 7.02. The molecule has 0 bridgehead atoms. The van der Waals surface area contributed by atoms with Crippen molar-refractivity contribution in [3.63, 3.8) is 0 Å². The van der Waals surface area contributed by atoms with Crippen molar-refractivity contribution in [3.05, 3.63) is 69.8 Å². The molecule has 0 amide bonds. The van der Waals surface area contributed by atoms with Gasteiger partial charge in [-0.15, -0.1) is 0 Å². The van der Waals surface area contributed by atoms with Crippen LogP contribution in [0.25, 0.3) is 0 Å². The van der Waals surface area contributed by atoms with Crippen LogP contribution in [-0.4, -0.2) is 34.7 Å². The fraction of sp³-hybridized carbons (Fsp3) is 0.304. The average Bonchev–Trinajstić information content (AvgIpc) is 3.19. The van der Waals surface area contributed by atoms with Crippen LogP contribution in [0.15, 0.2) is 48.7 Å². The number of nitrogens with zero attached hydrogens (tertiary/aromatic N) is 2. The van der Waals surface area contributed by atoms with Gasteiger partial charge < -0.3 is 20.1 Å². The van der Waals surface area contributed by atoms with Crippen molar-refractivity contribution < 1.29 is 9.47 Å². The summed E-state index contributed by atoms with van der Waals surface area (Å²) in [5.74, 6) is 2.19. The van der Waals surface area contributed by atoms with Gasteiger partial charge in [-0.05, 0) is 67.9 Å². The maximum absolute atomic E-state index is 6.24. The molecule has 3 aromatic rings. The Kier molecular flexibility index (Phi) is 9.02. The smallest absolute Gasteiger partial charge is 0.172 e. The summed E-state index contributed by atoms with van der Waals surface area (Å²) in [5.41, 5.74) is 2.07. The van der Waals surface area contributed by atoms with E-state index in [4.69, 9.17) is 44.9 Å². The molecule has 0 aliphatic rings. The number of nitrogens with one attached hydrogen (secondary N) is 2. The maximum atomic E-state index is 6.24. The highest BCUT2D eigenvalue weighted by Crippen LogP contribution is 2.28. The first-order chi connectivity index (χ1) is 15.5. The monoisotopic (exact) mass is 492 g/mol. The summed E-state index contributed by atoms with van der Waals surface area (Å²) in [5, 5.41) is 12.5. The summed E-state index contributed by atoms with van der Waals surface area (Å²) in [6.07, 6.45) is 2.66. The largest absolute Gasteiger partial charge is 0.490 e. The lowest BCUT2D eigenvalue weighted by Crippen LogP contribution is -2.30. The molecule has 0 saturated carbocycles. The van der Waals surface area contributed by atoms with E-state index in [0.717, 1.165) is 29.0 Å². The number of hydrogen-bond acceptors (Lipinski definition) is 4. The molecular weight excluding hydrogens is 467 g/mol. The molecule has 32 heavy (non-hydrogen) atoms. The Morgan fingerprint density at radius 1 is 1.03 bits per heavy atom. The molecule has 9 heteroatoms. The van der Waals surface area contributed by atoms with E-state index in [1.807, 2.05) is 56.4 Å². The van der Waals surface area contributed by atoms with Crippen LogP contribution in [0.1, 0.15) is 25.0 Å². The molecule has 0 radical (unpaired) electrons. The minimum Gasteiger partial charge on any atom is -0.490 e. The van der Waals surface area contributed by atoms with E-state index in [9.17, 15) is 0 Å². The second-order valence-corrected chi connectivity index (χ2v) is 8.16. The van der Waals surface area contributed by atoms with Gasteiger partial charge in [0.2, 0.25) is 0 Å². The van der Waals surface area contributed by atoms with E-state index in [1.54, 1.807) is 10.7 Å². The van der Waals surface area contributed by atoms with E-state index < -0.39 is 0 Å². The van der Waals surface area contributed by atoms with Crippen LogP contribution < -0.4 is 20.1 Å². The van der Waals surface area contributed by atoms with Gasteiger partial charge in [0.05, 0.1) is 19.8 Å². The molecule has 0 aliphatic heterocycles. The molecule has 0 saturated heterocycles. The first-order valence-corrected chi connectivity index (χ1v) is 11.6. The Bertz CT molecular complexity index is 1060. The Hall–Kier alpha value is -2.48. The van der Waals surface area contributed by atoms with Gasteiger partial charge in [0.25, 0.3) is 0 Å². The van der Waals surface area contributed by atoms with Gasteiger partial charge in [0, 0.05) is 28.9 Å². The van der Waals surface area contributed by atoms with Crippen LogP contribution in [0, 0.1) is 0 Å². The Labute approximate surface area is 203 Å². The van der Waals surface area contributed by atoms with E-state index >= 15 is 0 Å². The SMILES string of the molecule is CCOc1ccc(CCNC(=S)Nc2ccn(Cc3ccc(Cl)cc3Cl)n2)cc1OCC. The van der Waals surface area contributed by atoms with Crippen LogP contribution in [0.4, 0.5) is 5.82 Å². The van der Waals surface area contributed by atoms with E-state index in [-0.39, 0.29) is 0 Å². The van der Waals surface area contributed by atoms with Gasteiger partial charge in [-0.25, -0.2) is 0 Å². The molecule has 6 nitrogen and oxygen atoms in total. The van der Waals surface area contributed by atoms with Crippen molar-refractivity contribution in [2.45, 2.75) is 26.8 Å². The minimum absolute atomic E-state index is 0.510. The zero-order chi connectivity index (χ0) is 22.9. The number of rotatable bonds is 10. The van der Waals surface area contributed by atoms with E-state index in [1.165, 1.54) is 0 Å². The third-order valence-corrected chi connectivity index (χ3v) is 5.37. The zero-order valence-electron chi connectivity index (χ0n) is 18.0. The lowest BCUT2D eigenvalue weighted by Gasteiger charge is -2.13. The summed E-state index contributed by atoms with van der Waals surface area (Å²) in [6, 6.07) is 13.3. The molecule has 3 rings (SSSR count). The molecule has 0 fully saturated rings. The van der Waals surface area contributed by atoms with Crippen LogP contribution in [0.2, 0.25) is 10.0 Å². The standard InChI is InChI=1S/C23H26Cl2N4O2S/c1-3-30-20-8-5-16(13-21(20)31-4-2)9-11-26-23(32)27-22-10-12-29(28-22)15-17-6-7-18(24)14-19(17)25/h5-8,10,12-14H,3-4,9,11,15H2,1-2H3,(H2,26,27,28,32). The van der Waals surface area contributed by atoms with Crippen LogP contribution in [0.3, 0.4) is 0 Å². The fourth-order valence-corrected chi connectivity index (χ4v) is 3.75. The lowest BCUT2D eigenvalue weighted by atomic mass is 10.1. The first-order valence-electron chi connectivity index (χ1n) is 10.4. The van der Waals surface area contributed by atoms with E-state index in [0.29, 0.717) is 47.3 Å². The average molecular weight is 493 g/mol. The highest BCUT2D eigenvalue weighted by atomic mass is 35.5. The normalized spacial score (nSPS) is 10.6. The highest BCUT2D eigenvalue weighted by Gasteiger charge is 2.08. The number of aromatic nitrogens is 2. The zero-order valence-corrected chi connectivity index (χ0v) is 20.4. The quantitative estimate of drug-likeness (QED) is 0.361. The summed E-state index contributed by atoms with van der Waals surface area (Å²) >= 11 is 17.6. The molecule has 0 aliphatic carbocycles. The van der Waals surface area contributed by atoms with Crippen molar-refractivity contribution in [2.24, 2.45) is 0 Å². The van der Waals surface area contributed by atoms with Crippen molar-refractivity contribution in [1.29, 1.82) is 0 Å². The number of anilines is 1. The number of hydrogen-bond donors (Lipinski definition) is 2. The van der Waals surface area contributed by atoms with E-state index in [2.05, 4.69) is 15.7 Å². The van der Waals surface area contributed by atoms with Gasteiger partial charge in [-0.3, -0.25) is 4.68 Å². The first kappa shape index (κ1) is 24.2. The van der Waals surface area contributed by atoms with Crippen molar-refractivity contribution in [3.8, 4) is 11.5 Å². The number of ether oxygens (including phenoxy) is 2. The number of halogens is 2. The lowest BCUT2D eigenvalue weighted by molar-refractivity contribution is 0.287. The summed E-state index contributed by atoms with van der Waals surface area (Å²) in [4.78, 5) is 0. The predicted molar refractivity (Wildman–Crippen MR) is 134 cm³/mol. The molecule has 0 spiro atoms. The van der Waals surface area contributed by atoms with Gasteiger partial charge in [-0.2, -0.15) is 5.10 Å². The summed E-state index contributed by atoms with van der Waals surface area (Å²) in [7, 11) is 0. The van der Waals surface area contributed by atoms with Crippen LogP contribution >= 0.6 is 35.4 Å². The second kappa shape index (κ2) is 11.9. The maximum Gasteiger partial charge on any atom is 0.172 e. The van der Waals surface area contributed by atoms with Gasteiger partial charge in [0.1, 0.15) is 0 Å². The molecule has 1 aromatic heterocycles. The number of benzene rings is 2. The predicted octanol–water partition coefficient (Wildman–Crippen LogP) is 5.56. The molecular formula is C23H26Cl2N4O2S. The van der Waals surface area contributed by atoms with Gasteiger partial charge >= 0.3 is 0 Å². The molecule has 0 unspecified atom stereocenters. The molecule has 0 atom stereocenters. The summed E-state index contributed by atoms with van der Waals surface area (Å²) < 4.78 is 13.1. The van der Waals surface area contributed by atoms with Crippen LogP contribution in [0.5, 0.6) is 11.5 Å². The van der Waals surface area contributed by atoms with Gasteiger partial charge in [-0.1, -0.05) is 35.3 Å². The number of thiocarbonyl (C=S) groups is 1.